The molecular formula is C15H20N2O2. The Balaban J connectivity index is 2.08. The van der Waals surface area contributed by atoms with Gasteiger partial charge in [-0.3, -0.25) is 4.79 Å². The second kappa shape index (κ2) is 6.50. The zero-order chi connectivity index (χ0) is 13.7. The molecule has 1 heterocycles. The molecule has 0 amide bonds. The zero-order valence-corrected chi connectivity index (χ0v) is 11.2. The fourth-order valence-corrected chi connectivity index (χ4v) is 2.10. The van der Waals surface area contributed by atoms with Crippen LogP contribution in [0.2, 0.25) is 0 Å². The van der Waals surface area contributed by atoms with Gasteiger partial charge in [0.05, 0.1) is 0 Å². The maximum absolute atomic E-state index is 12.0. The van der Waals surface area contributed by atoms with Crippen molar-refractivity contribution in [2.24, 2.45) is 0 Å². The number of pyridine rings is 1. The molecule has 4 heteroatoms. The minimum absolute atomic E-state index is 0.0598. The van der Waals surface area contributed by atoms with Crippen LogP contribution in [0.1, 0.15) is 24.1 Å². The molecule has 0 spiro atoms. The molecule has 0 saturated heterocycles. The SMILES string of the molecule is Cc1ccc2[nH]c(CNCCCCO)cc(=O)c2c1. The number of benzene rings is 1. The number of aliphatic hydroxyl groups is 1. The van der Waals surface area contributed by atoms with Gasteiger partial charge in [-0.25, -0.2) is 0 Å². The van der Waals surface area contributed by atoms with E-state index < -0.39 is 0 Å². The predicted octanol–water partition coefficient (Wildman–Crippen LogP) is 1.70. The maximum Gasteiger partial charge on any atom is 0.189 e. The van der Waals surface area contributed by atoms with Gasteiger partial charge in [0.15, 0.2) is 5.43 Å². The first kappa shape index (κ1) is 13.8. The number of nitrogens with one attached hydrogen (secondary N) is 2. The van der Waals surface area contributed by atoms with Gasteiger partial charge in [0.2, 0.25) is 0 Å². The summed E-state index contributed by atoms with van der Waals surface area (Å²) in [4.78, 5) is 15.3. The monoisotopic (exact) mass is 260 g/mol. The highest BCUT2D eigenvalue weighted by atomic mass is 16.2. The van der Waals surface area contributed by atoms with Crippen LogP contribution in [0.25, 0.3) is 10.9 Å². The number of unbranched alkanes of at least 4 members (excludes halogenated alkanes) is 1. The molecule has 3 N–H and O–H groups in total. The van der Waals surface area contributed by atoms with E-state index >= 15 is 0 Å². The number of rotatable bonds is 6. The minimum atomic E-state index is 0.0598. The zero-order valence-electron chi connectivity index (χ0n) is 11.2. The lowest BCUT2D eigenvalue weighted by Gasteiger charge is -2.06. The molecule has 0 fully saturated rings. The summed E-state index contributed by atoms with van der Waals surface area (Å²) in [6.07, 6.45) is 1.74. The second-order valence-corrected chi connectivity index (χ2v) is 4.82. The van der Waals surface area contributed by atoms with Gasteiger partial charge < -0.3 is 15.4 Å². The number of aromatic amines is 1. The van der Waals surface area contributed by atoms with Gasteiger partial charge in [-0.05, 0) is 38.4 Å². The van der Waals surface area contributed by atoms with E-state index in [4.69, 9.17) is 5.11 Å². The van der Waals surface area contributed by atoms with Crippen LogP contribution < -0.4 is 10.7 Å². The van der Waals surface area contributed by atoms with E-state index in [1.165, 1.54) is 0 Å². The van der Waals surface area contributed by atoms with Crippen LogP contribution in [0.15, 0.2) is 29.1 Å². The van der Waals surface area contributed by atoms with E-state index in [1.807, 2.05) is 25.1 Å². The topological polar surface area (TPSA) is 65.1 Å². The van der Waals surface area contributed by atoms with E-state index in [0.717, 1.165) is 41.5 Å². The molecule has 0 bridgehead atoms. The largest absolute Gasteiger partial charge is 0.396 e. The number of hydrogen-bond donors (Lipinski definition) is 3. The first-order valence-electron chi connectivity index (χ1n) is 6.65. The molecule has 0 radical (unpaired) electrons. The van der Waals surface area contributed by atoms with Crippen LogP contribution in [-0.4, -0.2) is 23.2 Å². The van der Waals surface area contributed by atoms with Crippen molar-refractivity contribution in [2.45, 2.75) is 26.3 Å². The Bertz CT molecular complexity index is 605. The fourth-order valence-electron chi connectivity index (χ4n) is 2.10. The number of fused-ring (bicyclic) bond motifs is 1. The summed E-state index contributed by atoms with van der Waals surface area (Å²) in [6, 6.07) is 7.51. The standard InChI is InChI=1S/C15H20N2O2/c1-11-4-5-14-13(8-11)15(19)9-12(17-14)10-16-6-2-3-7-18/h4-5,8-9,16,18H,2-3,6-7,10H2,1H3,(H,17,19). The molecule has 102 valence electrons. The van der Waals surface area contributed by atoms with Gasteiger partial charge in [-0.2, -0.15) is 0 Å². The van der Waals surface area contributed by atoms with Gasteiger partial charge in [0.25, 0.3) is 0 Å². The Morgan fingerprint density at radius 3 is 2.89 bits per heavy atom. The molecule has 0 aliphatic carbocycles. The van der Waals surface area contributed by atoms with Gasteiger partial charge in [0, 0.05) is 35.8 Å². The number of H-pyrrole nitrogens is 1. The first-order chi connectivity index (χ1) is 9.20. The maximum atomic E-state index is 12.0. The van der Waals surface area contributed by atoms with Gasteiger partial charge >= 0.3 is 0 Å². The molecular weight excluding hydrogens is 240 g/mol. The van der Waals surface area contributed by atoms with Crippen molar-refractivity contribution in [3.8, 4) is 0 Å². The van der Waals surface area contributed by atoms with Crippen LogP contribution in [0, 0.1) is 6.92 Å². The van der Waals surface area contributed by atoms with Crippen molar-refractivity contribution >= 4 is 10.9 Å². The quantitative estimate of drug-likeness (QED) is 0.693. The molecule has 4 nitrogen and oxygen atoms in total. The van der Waals surface area contributed by atoms with Gasteiger partial charge in [-0.15, -0.1) is 0 Å². The number of aryl methyl sites for hydroxylation is 1. The lowest BCUT2D eigenvalue weighted by atomic mass is 10.1. The van der Waals surface area contributed by atoms with Crippen LogP contribution in [0.3, 0.4) is 0 Å². The Labute approximate surface area is 112 Å². The molecule has 0 unspecified atom stereocenters. The predicted molar refractivity (Wildman–Crippen MR) is 77.3 cm³/mol. The minimum Gasteiger partial charge on any atom is -0.396 e. The number of aromatic nitrogens is 1. The van der Waals surface area contributed by atoms with E-state index in [2.05, 4.69) is 10.3 Å². The van der Waals surface area contributed by atoms with Crippen molar-refractivity contribution in [3.05, 3.63) is 45.7 Å². The highest BCUT2D eigenvalue weighted by Crippen LogP contribution is 2.10. The summed E-state index contributed by atoms with van der Waals surface area (Å²) in [5, 5.41) is 12.7. The summed E-state index contributed by atoms with van der Waals surface area (Å²) in [6.45, 7) is 3.70. The van der Waals surface area contributed by atoms with Crippen LogP contribution in [-0.2, 0) is 6.54 Å². The molecule has 2 aromatic rings. The molecule has 0 aliphatic rings. The number of hydrogen-bond acceptors (Lipinski definition) is 3. The molecule has 2 rings (SSSR count). The Morgan fingerprint density at radius 2 is 2.11 bits per heavy atom. The third kappa shape index (κ3) is 3.66. The smallest absolute Gasteiger partial charge is 0.189 e. The molecule has 19 heavy (non-hydrogen) atoms. The normalized spacial score (nSPS) is 11.1. The molecule has 0 atom stereocenters. The van der Waals surface area contributed by atoms with Gasteiger partial charge in [0.1, 0.15) is 0 Å². The van der Waals surface area contributed by atoms with E-state index in [-0.39, 0.29) is 12.0 Å². The lowest BCUT2D eigenvalue weighted by Crippen LogP contribution is -2.17. The van der Waals surface area contributed by atoms with Crippen molar-refractivity contribution in [1.82, 2.24) is 10.3 Å². The summed E-state index contributed by atoms with van der Waals surface area (Å²) in [7, 11) is 0. The molecule has 1 aromatic carbocycles. The van der Waals surface area contributed by atoms with E-state index in [1.54, 1.807) is 6.07 Å². The van der Waals surface area contributed by atoms with Crippen LogP contribution >= 0.6 is 0 Å². The van der Waals surface area contributed by atoms with Crippen molar-refractivity contribution in [2.75, 3.05) is 13.2 Å². The summed E-state index contributed by atoms with van der Waals surface area (Å²) in [5.74, 6) is 0. The van der Waals surface area contributed by atoms with E-state index in [0.29, 0.717) is 6.54 Å². The Morgan fingerprint density at radius 1 is 1.26 bits per heavy atom. The fraction of sp³-hybridized carbons (Fsp3) is 0.400. The lowest BCUT2D eigenvalue weighted by molar-refractivity contribution is 0.283. The Kier molecular flexibility index (Phi) is 4.71. The summed E-state index contributed by atoms with van der Waals surface area (Å²) < 4.78 is 0. The first-order valence-corrected chi connectivity index (χ1v) is 6.65. The highest BCUT2D eigenvalue weighted by molar-refractivity contribution is 5.79. The third-order valence-corrected chi connectivity index (χ3v) is 3.12. The van der Waals surface area contributed by atoms with Crippen LogP contribution in [0.5, 0.6) is 0 Å². The average molecular weight is 260 g/mol. The van der Waals surface area contributed by atoms with E-state index in [9.17, 15) is 4.79 Å². The Hall–Kier alpha value is -1.65. The second-order valence-electron chi connectivity index (χ2n) is 4.82. The van der Waals surface area contributed by atoms with Crippen molar-refractivity contribution in [3.63, 3.8) is 0 Å². The number of aliphatic hydroxyl groups excluding tert-OH is 1. The van der Waals surface area contributed by atoms with Gasteiger partial charge in [-0.1, -0.05) is 11.6 Å². The van der Waals surface area contributed by atoms with Crippen molar-refractivity contribution in [1.29, 1.82) is 0 Å². The van der Waals surface area contributed by atoms with Crippen molar-refractivity contribution < 1.29 is 5.11 Å². The summed E-state index contributed by atoms with van der Waals surface area (Å²) >= 11 is 0. The highest BCUT2D eigenvalue weighted by Gasteiger charge is 2.02. The molecule has 0 aliphatic heterocycles. The van der Waals surface area contributed by atoms with Crippen LogP contribution in [0.4, 0.5) is 0 Å². The average Bonchev–Trinajstić information content (AvgIpc) is 2.39. The molecule has 1 aromatic heterocycles. The molecule has 0 saturated carbocycles. The third-order valence-electron chi connectivity index (χ3n) is 3.12. The summed E-state index contributed by atoms with van der Waals surface area (Å²) in [5.41, 5.74) is 2.92.